The number of rotatable bonds is 3. The summed E-state index contributed by atoms with van der Waals surface area (Å²) in [6.45, 7) is 1.81. The molecule has 2 aromatic rings. The SMILES string of the molecule is Cc1noc(CNc2ncc(F)cc2F)n1. The summed E-state index contributed by atoms with van der Waals surface area (Å²) < 4.78 is 30.5. The third kappa shape index (κ3) is 2.30. The van der Waals surface area contributed by atoms with E-state index in [9.17, 15) is 8.78 Å². The number of pyridine rings is 1. The Bertz CT molecular complexity index is 500. The second-order valence-corrected chi connectivity index (χ2v) is 3.07. The highest BCUT2D eigenvalue weighted by molar-refractivity contribution is 5.35. The fraction of sp³-hybridized carbons (Fsp3) is 0.222. The normalized spacial score (nSPS) is 10.4. The van der Waals surface area contributed by atoms with Gasteiger partial charge in [0.25, 0.3) is 0 Å². The predicted octanol–water partition coefficient (Wildman–Crippen LogP) is 1.66. The zero-order valence-corrected chi connectivity index (χ0v) is 8.37. The molecule has 0 aromatic carbocycles. The summed E-state index contributed by atoms with van der Waals surface area (Å²) in [6, 6.07) is 0.744. The molecule has 1 N–H and O–H groups in total. The minimum atomic E-state index is -0.767. The van der Waals surface area contributed by atoms with E-state index in [-0.39, 0.29) is 12.4 Å². The number of anilines is 1. The second-order valence-electron chi connectivity index (χ2n) is 3.07. The van der Waals surface area contributed by atoms with Crippen molar-refractivity contribution in [3.05, 3.63) is 35.6 Å². The van der Waals surface area contributed by atoms with Gasteiger partial charge in [0, 0.05) is 6.07 Å². The molecule has 0 radical (unpaired) electrons. The van der Waals surface area contributed by atoms with Gasteiger partial charge in [-0.05, 0) is 6.92 Å². The fourth-order valence-electron chi connectivity index (χ4n) is 1.12. The van der Waals surface area contributed by atoms with Crippen molar-refractivity contribution >= 4 is 5.82 Å². The first kappa shape index (κ1) is 10.5. The van der Waals surface area contributed by atoms with Crippen molar-refractivity contribution in [3.8, 4) is 0 Å². The van der Waals surface area contributed by atoms with Gasteiger partial charge in [-0.2, -0.15) is 4.98 Å². The lowest BCUT2D eigenvalue weighted by Gasteiger charge is -2.02. The van der Waals surface area contributed by atoms with Crippen LogP contribution in [0.15, 0.2) is 16.8 Å². The van der Waals surface area contributed by atoms with Gasteiger partial charge in [0.05, 0.1) is 12.7 Å². The Hall–Kier alpha value is -2.05. The summed E-state index contributed by atoms with van der Waals surface area (Å²) in [5.74, 6) is -0.752. The van der Waals surface area contributed by atoms with Crippen molar-refractivity contribution in [1.82, 2.24) is 15.1 Å². The lowest BCUT2D eigenvalue weighted by Crippen LogP contribution is -2.04. The van der Waals surface area contributed by atoms with Crippen LogP contribution in [0.3, 0.4) is 0 Å². The van der Waals surface area contributed by atoms with E-state index in [1.54, 1.807) is 6.92 Å². The van der Waals surface area contributed by atoms with Crippen molar-refractivity contribution in [3.63, 3.8) is 0 Å². The molecule has 16 heavy (non-hydrogen) atoms. The van der Waals surface area contributed by atoms with Crippen molar-refractivity contribution in [2.75, 3.05) is 5.32 Å². The molecule has 0 spiro atoms. The van der Waals surface area contributed by atoms with Crippen LogP contribution in [-0.4, -0.2) is 15.1 Å². The van der Waals surface area contributed by atoms with Crippen LogP contribution in [0.4, 0.5) is 14.6 Å². The largest absolute Gasteiger partial charge is 0.359 e. The first-order valence-electron chi connectivity index (χ1n) is 4.49. The molecule has 0 atom stereocenters. The van der Waals surface area contributed by atoms with Gasteiger partial charge in [-0.1, -0.05) is 5.16 Å². The monoisotopic (exact) mass is 226 g/mol. The van der Waals surface area contributed by atoms with Crippen LogP contribution in [0.2, 0.25) is 0 Å². The standard InChI is InChI=1S/C9H8F2N4O/c1-5-14-8(16-15-5)4-13-9-7(11)2-6(10)3-12-9/h2-3H,4H2,1H3,(H,12,13). The molecule has 0 saturated heterocycles. The average Bonchev–Trinajstić information content (AvgIpc) is 2.63. The molecule has 0 bridgehead atoms. The van der Waals surface area contributed by atoms with E-state index in [4.69, 9.17) is 4.52 Å². The van der Waals surface area contributed by atoms with Crippen LogP contribution >= 0.6 is 0 Å². The molecule has 0 aliphatic rings. The number of aryl methyl sites for hydroxylation is 1. The highest BCUT2D eigenvalue weighted by atomic mass is 19.1. The van der Waals surface area contributed by atoms with Gasteiger partial charge >= 0.3 is 0 Å². The van der Waals surface area contributed by atoms with Gasteiger partial charge in [0.2, 0.25) is 5.89 Å². The maximum Gasteiger partial charge on any atom is 0.245 e. The van der Waals surface area contributed by atoms with Gasteiger partial charge in [-0.3, -0.25) is 0 Å². The smallest absolute Gasteiger partial charge is 0.245 e. The second kappa shape index (κ2) is 4.21. The van der Waals surface area contributed by atoms with Crippen molar-refractivity contribution < 1.29 is 13.3 Å². The first-order chi connectivity index (χ1) is 7.65. The Kier molecular flexibility index (Phi) is 2.76. The third-order valence-electron chi connectivity index (χ3n) is 1.78. The van der Waals surface area contributed by atoms with Crippen LogP contribution in [0, 0.1) is 18.6 Å². The van der Waals surface area contributed by atoms with E-state index in [1.807, 2.05) is 0 Å². The number of halogens is 2. The Labute approximate surface area is 89.5 Å². The highest BCUT2D eigenvalue weighted by Crippen LogP contribution is 2.11. The van der Waals surface area contributed by atoms with E-state index in [2.05, 4.69) is 20.4 Å². The molecule has 0 fully saturated rings. The molecule has 0 aliphatic heterocycles. The quantitative estimate of drug-likeness (QED) is 0.862. The number of nitrogens with zero attached hydrogens (tertiary/aromatic N) is 3. The molecular weight excluding hydrogens is 218 g/mol. The molecule has 0 saturated carbocycles. The van der Waals surface area contributed by atoms with Crippen LogP contribution in [0.25, 0.3) is 0 Å². The van der Waals surface area contributed by atoms with E-state index in [0.29, 0.717) is 11.7 Å². The Morgan fingerprint density at radius 2 is 2.25 bits per heavy atom. The minimum Gasteiger partial charge on any atom is -0.359 e. The van der Waals surface area contributed by atoms with Crippen molar-refractivity contribution in [1.29, 1.82) is 0 Å². The van der Waals surface area contributed by atoms with E-state index >= 15 is 0 Å². The molecule has 0 unspecified atom stereocenters. The van der Waals surface area contributed by atoms with Gasteiger partial charge in [0.15, 0.2) is 17.5 Å². The minimum absolute atomic E-state index is 0.0581. The molecule has 5 nitrogen and oxygen atoms in total. The molecular formula is C9H8F2N4O. The van der Waals surface area contributed by atoms with Crippen molar-refractivity contribution in [2.24, 2.45) is 0 Å². The topological polar surface area (TPSA) is 63.8 Å². The number of hydrogen-bond donors (Lipinski definition) is 1. The number of aromatic nitrogens is 3. The first-order valence-corrected chi connectivity index (χ1v) is 4.49. The zero-order chi connectivity index (χ0) is 11.5. The summed E-state index contributed by atoms with van der Waals surface area (Å²) in [5.41, 5.74) is 0. The maximum absolute atomic E-state index is 13.1. The summed E-state index contributed by atoms with van der Waals surface area (Å²) in [7, 11) is 0. The van der Waals surface area contributed by atoms with Gasteiger partial charge in [-0.25, -0.2) is 13.8 Å². The molecule has 2 rings (SSSR count). The number of nitrogens with one attached hydrogen (secondary N) is 1. The van der Waals surface area contributed by atoms with Crippen LogP contribution in [0.5, 0.6) is 0 Å². The Morgan fingerprint density at radius 1 is 1.44 bits per heavy atom. The maximum atomic E-state index is 13.1. The summed E-state index contributed by atoms with van der Waals surface area (Å²) in [4.78, 5) is 7.46. The lowest BCUT2D eigenvalue weighted by atomic mass is 10.4. The molecule has 2 aromatic heterocycles. The number of hydrogen-bond acceptors (Lipinski definition) is 5. The van der Waals surface area contributed by atoms with Crippen LogP contribution in [-0.2, 0) is 6.54 Å². The van der Waals surface area contributed by atoms with Crippen molar-refractivity contribution in [2.45, 2.75) is 13.5 Å². The highest BCUT2D eigenvalue weighted by Gasteiger charge is 2.07. The zero-order valence-electron chi connectivity index (χ0n) is 8.37. The fourth-order valence-corrected chi connectivity index (χ4v) is 1.12. The lowest BCUT2D eigenvalue weighted by molar-refractivity contribution is 0.379. The van der Waals surface area contributed by atoms with E-state index in [0.717, 1.165) is 12.3 Å². The Balaban J connectivity index is 2.04. The molecule has 84 valence electrons. The van der Waals surface area contributed by atoms with E-state index in [1.165, 1.54) is 0 Å². The van der Waals surface area contributed by atoms with E-state index < -0.39 is 11.6 Å². The Morgan fingerprint density at radius 3 is 2.88 bits per heavy atom. The summed E-state index contributed by atoms with van der Waals surface area (Å²) in [5, 5.41) is 6.19. The summed E-state index contributed by atoms with van der Waals surface area (Å²) in [6.07, 6.45) is 0.921. The van der Waals surface area contributed by atoms with Gasteiger partial charge in [0.1, 0.15) is 5.82 Å². The third-order valence-corrected chi connectivity index (χ3v) is 1.78. The van der Waals surface area contributed by atoms with Gasteiger partial charge in [-0.15, -0.1) is 0 Å². The average molecular weight is 226 g/mol. The van der Waals surface area contributed by atoms with Crippen LogP contribution < -0.4 is 5.32 Å². The molecule has 0 aliphatic carbocycles. The predicted molar refractivity (Wildman–Crippen MR) is 50.5 cm³/mol. The van der Waals surface area contributed by atoms with Crippen LogP contribution in [0.1, 0.15) is 11.7 Å². The molecule has 2 heterocycles. The summed E-state index contributed by atoms with van der Waals surface area (Å²) >= 11 is 0. The molecule has 7 heteroatoms. The molecule has 0 amide bonds. The van der Waals surface area contributed by atoms with Gasteiger partial charge < -0.3 is 9.84 Å².